The van der Waals surface area contributed by atoms with E-state index in [2.05, 4.69) is 50.2 Å². The highest BCUT2D eigenvalue weighted by Crippen LogP contribution is 2.45. The highest BCUT2D eigenvalue weighted by atomic mass is 127. The zero-order chi connectivity index (χ0) is 10.6. The van der Waals surface area contributed by atoms with Crippen molar-refractivity contribution in [2.45, 2.75) is 25.3 Å². The van der Waals surface area contributed by atoms with Gasteiger partial charge in [0.05, 0.1) is 5.39 Å². The van der Waals surface area contributed by atoms with E-state index >= 15 is 0 Å². The Balaban J connectivity index is 2.38. The van der Waals surface area contributed by atoms with Crippen LogP contribution in [0, 0.1) is 3.57 Å². The number of rotatable bonds is 1. The van der Waals surface area contributed by atoms with Crippen LogP contribution in [0.2, 0.25) is 0 Å². The third-order valence-corrected chi connectivity index (χ3v) is 3.94. The predicted molar refractivity (Wildman–Crippen MR) is 67.5 cm³/mol. The summed E-state index contributed by atoms with van der Waals surface area (Å²) in [6.07, 6.45) is 6.10. The van der Waals surface area contributed by atoms with Gasteiger partial charge in [-0.3, -0.25) is 0 Å². The van der Waals surface area contributed by atoms with E-state index in [0.29, 0.717) is 5.82 Å². The van der Waals surface area contributed by atoms with Crippen LogP contribution in [0.15, 0.2) is 12.5 Å². The summed E-state index contributed by atoms with van der Waals surface area (Å²) in [6.45, 7) is 2.25. The van der Waals surface area contributed by atoms with E-state index in [-0.39, 0.29) is 5.54 Å². The average molecular weight is 314 g/mol. The second-order valence-corrected chi connectivity index (χ2v) is 5.46. The summed E-state index contributed by atoms with van der Waals surface area (Å²) in [5.74, 6) is 0.576. The minimum Gasteiger partial charge on any atom is -0.383 e. The number of anilines is 1. The van der Waals surface area contributed by atoms with Crippen LogP contribution in [0.5, 0.6) is 0 Å². The van der Waals surface area contributed by atoms with Crippen LogP contribution in [0.4, 0.5) is 5.82 Å². The van der Waals surface area contributed by atoms with Gasteiger partial charge in [0.15, 0.2) is 0 Å². The Labute approximate surface area is 101 Å². The summed E-state index contributed by atoms with van der Waals surface area (Å²) >= 11 is 2.29. The molecule has 2 aromatic heterocycles. The summed E-state index contributed by atoms with van der Waals surface area (Å²) in [5, 5.41) is 0.992. The quantitative estimate of drug-likeness (QED) is 0.821. The molecule has 0 radical (unpaired) electrons. The second-order valence-electron chi connectivity index (χ2n) is 4.30. The van der Waals surface area contributed by atoms with E-state index in [4.69, 9.17) is 5.73 Å². The van der Waals surface area contributed by atoms with Crippen LogP contribution in [-0.4, -0.2) is 14.5 Å². The molecule has 0 spiro atoms. The molecule has 5 heteroatoms. The lowest BCUT2D eigenvalue weighted by atomic mass is 10.3. The molecule has 1 aliphatic rings. The fourth-order valence-electron chi connectivity index (χ4n) is 1.87. The zero-order valence-electron chi connectivity index (χ0n) is 8.37. The molecule has 0 aromatic carbocycles. The number of aromatic nitrogens is 3. The molecule has 1 fully saturated rings. The molecule has 0 aliphatic heterocycles. The predicted octanol–water partition coefficient (Wildman–Crippen LogP) is 2.13. The Morgan fingerprint density at radius 1 is 1.47 bits per heavy atom. The molecule has 0 atom stereocenters. The van der Waals surface area contributed by atoms with Gasteiger partial charge in [0.1, 0.15) is 17.8 Å². The lowest BCUT2D eigenvalue weighted by molar-refractivity contribution is 0.547. The summed E-state index contributed by atoms with van der Waals surface area (Å²) in [6, 6.07) is 0. The highest BCUT2D eigenvalue weighted by molar-refractivity contribution is 14.1. The molecule has 2 heterocycles. The van der Waals surface area contributed by atoms with Crippen LogP contribution in [-0.2, 0) is 5.54 Å². The molecule has 0 unspecified atom stereocenters. The monoisotopic (exact) mass is 314 g/mol. The van der Waals surface area contributed by atoms with Gasteiger partial charge >= 0.3 is 0 Å². The van der Waals surface area contributed by atoms with Gasteiger partial charge in [0, 0.05) is 15.3 Å². The molecule has 3 rings (SSSR count). The maximum absolute atomic E-state index is 5.86. The van der Waals surface area contributed by atoms with E-state index in [9.17, 15) is 0 Å². The standard InChI is InChI=1S/C10H11IN4/c1-10(2-3-10)15-4-6(11)7-8(12)13-5-14-9(7)15/h4-5H,2-3H2,1H3,(H2,12,13,14). The smallest absolute Gasteiger partial charge is 0.147 e. The van der Waals surface area contributed by atoms with Crippen LogP contribution in [0.25, 0.3) is 11.0 Å². The molecular formula is C10H11IN4. The molecule has 4 nitrogen and oxygen atoms in total. The van der Waals surface area contributed by atoms with Gasteiger partial charge in [-0.05, 0) is 42.4 Å². The Morgan fingerprint density at radius 2 is 2.20 bits per heavy atom. The first kappa shape index (κ1) is 9.38. The third kappa shape index (κ3) is 1.25. The molecule has 2 aromatic rings. The minimum absolute atomic E-state index is 0.252. The molecule has 78 valence electrons. The van der Waals surface area contributed by atoms with Crippen LogP contribution >= 0.6 is 22.6 Å². The summed E-state index contributed by atoms with van der Waals surface area (Å²) in [4.78, 5) is 8.37. The van der Waals surface area contributed by atoms with E-state index in [0.717, 1.165) is 14.6 Å². The molecule has 15 heavy (non-hydrogen) atoms. The Bertz CT molecular complexity index is 542. The Kier molecular flexibility index (Phi) is 1.78. The van der Waals surface area contributed by atoms with Crippen molar-refractivity contribution in [1.82, 2.24) is 14.5 Å². The van der Waals surface area contributed by atoms with Crippen LogP contribution < -0.4 is 5.73 Å². The molecule has 1 saturated carbocycles. The Morgan fingerprint density at radius 3 is 2.87 bits per heavy atom. The van der Waals surface area contributed by atoms with Crippen molar-refractivity contribution in [2.75, 3.05) is 5.73 Å². The van der Waals surface area contributed by atoms with Crippen LogP contribution in [0.3, 0.4) is 0 Å². The topological polar surface area (TPSA) is 56.7 Å². The fourth-order valence-corrected chi connectivity index (χ4v) is 2.67. The first-order valence-corrected chi connectivity index (χ1v) is 5.97. The van der Waals surface area contributed by atoms with Gasteiger partial charge in [0.25, 0.3) is 0 Å². The summed E-state index contributed by atoms with van der Waals surface area (Å²) in [5.41, 5.74) is 7.08. The number of fused-ring (bicyclic) bond motifs is 1. The van der Waals surface area contributed by atoms with Gasteiger partial charge < -0.3 is 10.3 Å². The van der Waals surface area contributed by atoms with E-state index < -0.39 is 0 Å². The molecule has 0 bridgehead atoms. The van der Waals surface area contributed by atoms with Gasteiger partial charge in [-0.1, -0.05) is 0 Å². The van der Waals surface area contributed by atoms with E-state index in [1.165, 1.54) is 19.2 Å². The molecule has 2 N–H and O–H groups in total. The van der Waals surface area contributed by atoms with Gasteiger partial charge in [-0.25, -0.2) is 9.97 Å². The number of nitrogens with two attached hydrogens (primary N) is 1. The van der Waals surface area contributed by atoms with Gasteiger partial charge in [-0.15, -0.1) is 0 Å². The summed E-state index contributed by atoms with van der Waals surface area (Å²) < 4.78 is 3.37. The fraction of sp³-hybridized carbons (Fsp3) is 0.400. The van der Waals surface area contributed by atoms with Gasteiger partial charge in [-0.2, -0.15) is 0 Å². The Hall–Kier alpha value is -0.850. The van der Waals surface area contributed by atoms with Crippen LogP contribution in [0.1, 0.15) is 19.8 Å². The molecule has 0 saturated heterocycles. The number of halogens is 1. The summed E-state index contributed by atoms with van der Waals surface area (Å²) in [7, 11) is 0. The maximum Gasteiger partial charge on any atom is 0.147 e. The molecular weight excluding hydrogens is 303 g/mol. The second kappa shape index (κ2) is 2.84. The average Bonchev–Trinajstić information content (AvgIpc) is 2.83. The maximum atomic E-state index is 5.86. The lowest BCUT2D eigenvalue weighted by Gasteiger charge is -2.11. The number of nitrogen functional groups attached to an aromatic ring is 1. The molecule has 1 aliphatic carbocycles. The van der Waals surface area contributed by atoms with Crippen molar-refractivity contribution < 1.29 is 0 Å². The first-order chi connectivity index (χ1) is 7.12. The highest BCUT2D eigenvalue weighted by Gasteiger charge is 2.40. The lowest BCUT2D eigenvalue weighted by Crippen LogP contribution is -2.11. The number of hydrogen-bond donors (Lipinski definition) is 1. The minimum atomic E-state index is 0.252. The molecule has 0 amide bonds. The zero-order valence-corrected chi connectivity index (χ0v) is 10.5. The number of hydrogen-bond acceptors (Lipinski definition) is 3. The largest absolute Gasteiger partial charge is 0.383 e. The normalized spacial score (nSPS) is 18.3. The van der Waals surface area contributed by atoms with Gasteiger partial charge in [0.2, 0.25) is 0 Å². The van der Waals surface area contributed by atoms with E-state index in [1.54, 1.807) is 0 Å². The van der Waals surface area contributed by atoms with E-state index in [1.807, 2.05) is 0 Å². The van der Waals surface area contributed by atoms with Crippen molar-refractivity contribution >= 4 is 39.4 Å². The van der Waals surface area contributed by atoms with Crippen molar-refractivity contribution in [3.8, 4) is 0 Å². The van der Waals surface area contributed by atoms with Crippen molar-refractivity contribution in [3.63, 3.8) is 0 Å². The first-order valence-electron chi connectivity index (χ1n) is 4.89. The number of nitrogens with zero attached hydrogens (tertiary/aromatic N) is 3. The van der Waals surface area contributed by atoms with Crippen molar-refractivity contribution in [3.05, 3.63) is 16.1 Å². The SMILES string of the molecule is CC1(n2cc(I)c3c(N)ncnc32)CC1. The third-order valence-electron chi connectivity index (χ3n) is 3.12. The van der Waals surface area contributed by atoms with Crippen molar-refractivity contribution in [2.24, 2.45) is 0 Å². The van der Waals surface area contributed by atoms with Crippen molar-refractivity contribution in [1.29, 1.82) is 0 Å².